The maximum atomic E-state index is 11.7. The fraction of sp³-hybridized carbons (Fsp3) is 0.520. The van der Waals surface area contributed by atoms with Crippen molar-refractivity contribution < 1.29 is 5.11 Å². The van der Waals surface area contributed by atoms with E-state index in [1.54, 1.807) is 0 Å². The molecule has 2 nitrogen and oxygen atoms in total. The first-order valence-electron chi connectivity index (χ1n) is 10.5. The fourth-order valence-corrected chi connectivity index (χ4v) is 5.08. The molecule has 2 bridgehead atoms. The van der Waals surface area contributed by atoms with Crippen LogP contribution in [-0.2, 0) is 17.6 Å². The first kappa shape index (κ1) is 18.7. The zero-order chi connectivity index (χ0) is 19.1. The van der Waals surface area contributed by atoms with Crippen LogP contribution in [0.3, 0.4) is 0 Å². The van der Waals surface area contributed by atoms with Crippen LogP contribution in [0.5, 0.6) is 0 Å². The van der Waals surface area contributed by atoms with E-state index in [4.69, 9.17) is 0 Å². The Hall–Kier alpha value is -1.64. The third-order valence-corrected chi connectivity index (χ3v) is 6.63. The topological polar surface area (TPSA) is 23.5 Å². The summed E-state index contributed by atoms with van der Waals surface area (Å²) >= 11 is 0. The number of fused-ring (bicyclic) bond motifs is 2. The highest BCUT2D eigenvalue weighted by Gasteiger charge is 2.46. The average Bonchev–Trinajstić information content (AvgIpc) is 2.63. The summed E-state index contributed by atoms with van der Waals surface area (Å²) in [6.45, 7) is 7.74. The maximum absolute atomic E-state index is 11.7. The van der Waals surface area contributed by atoms with Crippen molar-refractivity contribution in [2.24, 2.45) is 0 Å². The van der Waals surface area contributed by atoms with Crippen LogP contribution in [0.4, 0.5) is 0 Å². The molecule has 0 amide bonds. The van der Waals surface area contributed by atoms with Crippen LogP contribution < -0.4 is 0 Å². The van der Waals surface area contributed by atoms with Gasteiger partial charge in [-0.25, -0.2) is 0 Å². The van der Waals surface area contributed by atoms with Gasteiger partial charge in [0.15, 0.2) is 0 Å². The monoisotopic (exact) mass is 363 g/mol. The quantitative estimate of drug-likeness (QED) is 0.790. The van der Waals surface area contributed by atoms with Crippen molar-refractivity contribution in [3.05, 3.63) is 71.3 Å². The van der Waals surface area contributed by atoms with E-state index >= 15 is 0 Å². The molecule has 2 aliphatic rings. The highest BCUT2D eigenvalue weighted by Crippen LogP contribution is 2.45. The van der Waals surface area contributed by atoms with E-state index in [1.165, 1.54) is 30.4 Å². The molecule has 2 aromatic rings. The van der Waals surface area contributed by atoms with Crippen molar-refractivity contribution in [3.8, 4) is 0 Å². The lowest BCUT2D eigenvalue weighted by Crippen LogP contribution is -2.56. The van der Waals surface area contributed by atoms with Gasteiger partial charge in [-0.05, 0) is 47.8 Å². The maximum Gasteiger partial charge on any atom is 0.0926 e. The van der Waals surface area contributed by atoms with E-state index in [1.807, 2.05) is 0 Å². The van der Waals surface area contributed by atoms with Gasteiger partial charge in [-0.1, -0.05) is 81.8 Å². The Morgan fingerprint density at radius 2 is 1.63 bits per heavy atom. The third-order valence-electron chi connectivity index (χ3n) is 6.63. The minimum atomic E-state index is -0.690. The van der Waals surface area contributed by atoms with Gasteiger partial charge in [-0.3, -0.25) is 4.90 Å². The van der Waals surface area contributed by atoms with Crippen LogP contribution in [0.2, 0.25) is 0 Å². The largest absolute Gasteiger partial charge is 0.385 e. The van der Waals surface area contributed by atoms with Gasteiger partial charge in [0.05, 0.1) is 5.60 Å². The number of nitrogens with zero attached hydrogens (tertiary/aromatic N) is 1. The Morgan fingerprint density at radius 1 is 0.963 bits per heavy atom. The standard InChI is InChI=1S/C25H33NO/c1-24(2,3)20-11-7-12-21(15-20)25(27)16-22-13-8-14-23(17-25)26(22)18-19-9-5-4-6-10-19/h4-7,9-12,15,22-23,27H,8,13-14,16-18H2,1-3H3. The highest BCUT2D eigenvalue weighted by atomic mass is 16.3. The molecule has 2 aromatic carbocycles. The zero-order valence-electron chi connectivity index (χ0n) is 17.0. The highest BCUT2D eigenvalue weighted by molar-refractivity contribution is 5.33. The van der Waals surface area contributed by atoms with Crippen LogP contribution in [0.25, 0.3) is 0 Å². The summed E-state index contributed by atoms with van der Waals surface area (Å²) in [6, 6.07) is 20.4. The molecule has 0 aromatic heterocycles. The molecule has 2 saturated heterocycles. The SMILES string of the molecule is CC(C)(C)c1cccc(C2(O)CC3CCCC(C2)N3Cc2ccccc2)c1. The Bertz CT molecular complexity index is 762. The predicted octanol–water partition coefficient (Wildman–Crippen LogP) is 5.39. The normalized spacial score (nSPS) is 28.9. The molecular weight excluding hydrogens is 330 g/mol. The van der Waals surface area contributed by atoms with Crippen LogP contribution in [0.15, 0.2) is 54.6 Å². The first-order valence-corrected chi connectivity index (χ1v) is 10.5. The lowest BCUT2D eigenvalue weighted by molar-refractivity contribution is -0.0999. The summed E-state index contributed by atoms with van der Waals surface area (Å²) in [6.07, 6.45) is 5.39. The first-order chi connectivity index (χ1) is 12.9. The molecule has 0 spiro atoms. The summed E-state index contributed by atoms with van der Waals surface area (Å²) in [5.74, 6) is 0. The molecule has 0 saturated carbocycles. The van der Waals surface area contributed by atoms with E-state index in [-0.39, 0.29) is 5.41 Å². The molecule has 4 rings (SSSR count). The van der Waals surface area contributed by atoms with Crippen LogP contribution in [0.1, 0.15) is 69.6 Å². The second-order valence-corrected chi connectivity index (χ2v) is 9.67. The van der Waals surface area contributed by atoms with Crippen LogP contribution >= 0.6 is 0 Å². The molecule has 0 radical (unpaired) electrons. The van der Waals surface area contributed by atoms with Crippen molar-refractivity contribution in [1.29, 1.82) is 0 Å². The van der Waals surface area contributed by atoms with Crippen molar-refractivity contribution >= 4 is 0 Å². The molecule has 2 fully saturated rings. The fourth-order valence-electron chi connectivity index (χ4n) is 5.08. The van der Waals surface area contributed by atoms with Gasteiger partial charge < -0.3 is 5.11 Å². The number of piperidine rings is 2. The molecule has 2 heterocycles. The number of benzene rings is 2. The lowest BCUT2D eigenvalue weighted by Gasteiger charge is -2.52. The van der Waals surface area contributed by atoms with Crippen molar-refractivity contribution in [1.82, 2.24) is 4.90 Å². The van der Waals surface area contributed by atoms with E-state index in [2.05, 4.69) is 80.3 Å². The molecule has 27 heavy (non-hydrogen) atoms. The smallest absolute Gasteiger partial charge is 0.0926 e. The molecular formula is C25H33NO. The van der Waals surface area contributed by atoms with Crippen LogP contribution in [0, 0.1) is 0 Å². The Balaban J connectivity index is 1.59. The summed E-state index contributed by atoms with van der Waals surface area (Å²) in [5.41, 5.74) is 3.23. The van der Waals surface area contributed by atoms with Gasteiger partial charge in [-0.2, -0.15) is 0 Å². The zero-order valence-corrected chi connectivity index (χ0v) is 17.0. The van der Waals surface area contributed by atoms with Gasteiger partial charge >= 0.3 is 0 Å². The summed E-state index contributed by atoms with van der Waals surface area (Å²) in [4.78, 5) is 2.67. The Kier molecular flexibility index (Phi) is 4.90. The van der Waals surface area contributed by atoms with E-state index in [0.29, 0.717) is 12.1 Å². The minimum absolute atomic E-state index is 0.107. The molecule has 2 unspecified atom stereocenters. The minimum Gasteiger partial charge on any atom is -0.385 e. The van der Waals surface area contributed by atoms with Gasteiger partial charge in [0.2, 0.25) is 0 Å². The number of hydrogen-bond acceptors (Lipinski definition) is 2. The van der Waals surface area contributed by atoms with Gasteiger partial charge in [0, 0.05) is 18.6 Å². The van der Waals surface area contributed by atoms with E-state index in [0.717, 1.165) is 24.9 Å². The second-order valence-electron chi connectivity index (χ2n) is 9.67. The number of hydrogen-bond donors (Lipinski definition) is 1. The molecule has 2 atom stereocenters. The predicted molar refractivity (Wildman–Crippen MR) is 112 cm³/mol. The summed E-state index contributed by atoms with van der Waals surface area (Å²) in [5, 5.41) is 11.7. The van der Waals surface area contributed by atoms with E-state index < -0.39 is 5.60 Å². The van der Waals surface area contributed by atoms with Crippen molar-refractivity contribution in [2.75, 3.05) is 0 Å². The summed E-state index contributed by atoms with van der Waals surface area (Å²) < 4.78 is 0. The van der Waals surface area contributed by atoms with Crippen molar-refractivity contribution in [3.63, 3.8) is 0 Å². The van der Waals surface area contributed by atoms with Crippen molar-refractivity contribution in [2.45, 2.75) is 82.5 Å². The number of rotatable bonds is 3. The Labute approximate surface area is 164 Å². The van der Waals surface area contributed by atoms with E-state index in [9.17, 15) is 5.11 Å². The second kappa shape index (κ2) is 7.07. The van der Waals surface area contributed by atoms with Gasteiger partial charge in [0.1, 0.15) is 0 Å². The molecule has 1 N–H and O–H groups in total. The molecule has 2 heteroatoms. The molecule has 144 valence electrons. The third kappa shape index (κ3) is 3.83. The Morgan fingerprint density at radius 3 is 2.26 bits per heavy atom. The summed E-state index contributed by atoms with van der Waals surface area (Å²) in [7, 11) is 0. The van der Waals surface area contributed by atoms with Gasteiger partial charge in [-0.15, -0.1) is 0 Å². The van der Waals surface area contributed by atoms with Gasteiger partial charge in [0.25, 0.3) is 0 Å². The molecule has 0 aliphatic carbocycles. The number of aliphatic hydroxyl groups is 1. The lowest BCUT2D eigenvalue weighted by atomic mass is 9.71. The molecule has 2 aliphatic heterocycles. The van der Waals surface area contributed by atoms with Crippen LogP contribution in [-0.4, -0.2) is 22.1 Å². The average molecular weight is 364 g/mol.